The van der Waals surface area contributed by atoms with Crippen LogP contribution in [0.5, 0.6) is 0 Å². The maximum atomic E-state index is 13.5. The van der Waals surface area contributed by atoms with E-state index in [-0.39, 0.29) is 34.2 Å². The van der Waals surface area contributed by atoms with E-state index in [1.165, 1.54) is 17.2 Å². The number of rotatable bonds is 15. The van der Waals surface area contributed by atoms with Gasteiger partial charge in [0.25, 0.3) is 0 Å². The number of esters is 1. The summed E-state index contributed by atoms with van der Waals surface area (Å²) in [4.78, 5) is 62.8. The van der Waals surface area contributed by atoms with Crippen LogP contribution in [0, 0.1) is 5.92 Å². The highest BCUT2D eigenvalue weighted by Crippen LogP contribution is 2.66. The van der Waals surface area contributed by atoms with E-state index in [1.807, 2.05) is 13.0 Å². The van der Waals surface area contributed by atoms with Crippen LogP contribution in [0.3, 0.4) is 0 Å². The van der Waals surface area contributed by atoms with Crippen molar-refractivity contribution in [2.45, 2.75) is 50.9 Å². The smallest absolute Gasteiger partial charge is 0.456 e. The van der Waals surface area contributed by atoms with Gasteiger partial charge in [-0.15, -0.1) is 0 Å². The van der Waals surface area contributed by atoms with Crippen molar-refractivity contribution in [1.29, 1.82) is 0 Å². The molecule has 1 aliphatic rings. The molecule has 3 heterocycles. The molecule has 46 heavy (non-hydrogen) atoms. The van der Waals surface area contributed by atoms with E-state index in [0.717, 1.165) is 11.3 Å². The molecule has 0 amide bonds. The lowest BCUT2D eigenvalue weighted by atomic mass is 10.0. The van der Waals surface area contributed by atoms with Crippen molar-refractivity contribution in [1.82, 2.24) is 19.5 Å². The van der Waals surface area contributed by atoms with E-state index in [4.69, 9.17) is 29.5 Å². The summed E-state index contributed by atoms with van der Waals surface area (Å²) >= 11 is 0. The third-order valence-electron chi connectivity index (χ3n) is 6.19. The lowest BCUT2D eigenvalue weighted by Crippen LogP contribution is -2.31. The predicted molar refractivity (Wildman–Crippen MR) is 167 cm³/mol. The number of carbonyl (C=O) groups excluding carboxylic acids is 1. The number of nitrogens with two attached hydrogens (primary N) is 1. The van der Waals surface area contributed by atoms with Gasteiger partial charge in [-0.3, -0.25) is 9.09 Å². The van der Waals surface area contributed by atoms with Crippen LogP contribution in [0.1, 0.15) is 54.6 Å². The third kappa shape index (κ3) is 10.1. The molecule has 2 aromatic heterocycles. The average molecular weight is 744 g/mol. The number of phosphoric acid groups is 3. The standard InChI is InChI=1S/C23H32N5O13P3S2/c1-13(2)10-45-46-14(3)15-6-4-5-7-16(15)23(29)39-17-8-19(28-12-27-20-21(24)25-11-26-22(20)28)38-18(17)9-37-43(33,34)41-44(35,36)40-42(30,31)32/h4-7,11-14,17-19H,8-10H2,1-3H3,(H,33,34)(H,35,36)(H2,24,25,26)(H2,30,31,32)/t14?,17-,18-,19-/m1/s1. The summed E-state index contributed by atoms with van der Waals surface area (Å²) in [5.41, 5.74) is 7.45. The minimum absolute atomic E-state index is 0.0256. The summed E-state index contributed by atoms with van der Waals surface area (Å²) in [5.74, 6) is 0.789. The largest absolute Gasteiger partial charge is 0.490 e. The van der Waals surface area contributed by atoms with Crippen molar-refractivity contribution in [3.63, 3.8) is 0 Å². The van der Waals surface area contributed by atoms with Gasteiger partial charge >= 0.3 is 29.4 Å². The second-order valence-electron chi connectivity index (χ2n) is 10.3. The lowest BCUT2D eigenvalue weighted by Gasteiger charge is -2.22. The molecule has 6 atom stereocenters. The van der Waals surface area contributed by atoms with Crippen LogP contribution in [0.15, 0.2) is 36.9 Å². The molecule has 3 aromatic rings. The number of phosphoric ester groups is 1. The number of hydrogen-bond donors (Lipinski definition) is 5. The maximum absolute atomic E-state index is 13.5. The fourth-order valence-corrected chi connectivity index (χ4v) is 10.1. The zero-order valence-electron chi connectivity index (χ0n) is 24.5. The first kappa shape index (κ1) is 36.9. The van der Waals surface area contributed by atoms with Crippen LogP contribution in [-0.2, 0) is 36.3 Å². The molecule has 1 fully saturated rings. The first-order valence-electron chi connectivity index (χ1n) is 13.4. The molecule has 3 unspecified atom stereocenters. The van der Waals surface area contributed by atoms with Crippen LogP contribution in [0.25, 0.3) is 11.2 Å². The second-order valence-corrected chi connectivity index (χ2v) is 17.5. The number of nitrogen functional groups attached to an aromatic ring is 1. The highest BCUT2D eigenvalue weighted by Gasteiger charge is 2.44. The minimum Gasteiger partial charge on any atom is -0.456 e. The van der Waals surface area contributed by atoms with Gasteiger partial charge in [0, 0.05) is 17.4 Å². The quantitative estimate of drug-likeness (QED) is 0.0822. The van der Waals surface area contributed by atoms with E-state index in [2.05, 4.69) is 37.4 Å². The molecule has 1 aliphatic heterocycles. The molecule has 23 heteroatoms. The molecule has 0 radical (unpaired) electrons. The van der Waals surface area contributed by atoms with Crippen molar-refractivity contribution < 1.29 is 60.7 Å². The van der Waals surface area contributed by atoms with Gasteiger partial charge in [-0.05, 0) is 24.5 Å². The number of benzene rings is 1. The monoisotopic (exact) mass is 743 g/mol. The van der Waals surface area contributed by atoms with Gasteiger partial charge in [-0.1, -0.05) is 53.6 Å². The number of carbonyl (C=O) groups is 1. The minimum atomic E-state index is -5.76. The normalized spacial score (nSPS) is 22.0. The van der Waals surface area contributed by atoms with Crippen LogP contribution in [-0.4, -0.2) is 69.6 Å². The predicted octanol–water partition coefficient (Wildman–Crippen LogP) is 4.36. The Morgan fingerprint density at radius 3 is 2.50 bits per heavy atom. The molecule has 0 spiro atoms. The molecule has 0 saturated carbocycles. The number of ether oxygens (including phenoxy) is 2. The van der Waals surface area contributed by atoms with E-state index in [1.54, 1.807) is 39.8 Å². The molecule has 1 aromatic carbocycles. The lowest BCUT2D eigenvalue weighted by molar-refractivity contribution is -0.0490. The van der Waals surface area contributed by atoms with Crippen molar-refractivity contribution in [3.8, 4) is 0 Å². The number of hydrogen-bond acceptors (Lipinski definition) is 15. The van der Waals surface area contributed by atoms with Gasteiger partial charge in [0.1, 0.15) is 30.3 Å². The Kier molecular flexibility index (Phi) is 12.1. The molecule has 254 valence electrons. The third-order valence-corrected chi connectivity index (χ3v) is 13.2. The topological polar surface area (TPSA) is 265 Å². The second kappa shape index (κ2) is 15.1. The number of aromatic nitrogens is 4. The highest BCUT2D eigenvalue weighted by atomic mass is 33.1. The highest BCUT2D eigenvalue weighted by molar-refractivity contribution is 8.76. The van der Waals surface area contributed by atoms with Crippen LogP contribution in [0.4, 0.5) is 5.82 Å². The summed E-state index contributed by atoms with van der Waals surface area (Å²) in [6, 6.07) is 6.90. The Labute approximate surface area is 270 Å². The summed E-state index contributed by atoms with van der Waals surface area (Å²) in [6.07, 6.45) is -0.743. The number of anilines is 1. The summed E-state index contributed by atoms with van der Waals surface area (Å²) < 4.78 is 60.8. The zero-order chi connectivity index (χ0) is 33.9. The van der Waals surface area contributed by atoms with Gasteiger partial charge in [-0.2, -0.15) is 8.62 Å². The van der Waals surface area contributed by atoms with E-state index in [9.17, 15) is 28.3 Å². The number of imidazole rings is 1. The maximum Gasteiger partial charge on any atom is 0.490 e. The van der Waals surface area contributed by atoms with Crippen LogP contribution >= 0.6 is 45.1 Å². The Morgan fingerprint density at radius 2 is 1.80 bits per heavy atom. The molecular weight excluding hydrogens is 711 g/mol. The summed E-state index contributed by atoms with van der Waals surface area (Å²) in [6.45, 7) is 5.33. The van der Waals surface area contributed by atoms with E-state index < -0.39 is 54.5 Å². The first-order valence-corrected chi connectivity index (χ1v) is 20.3. The van der Waals surface area contributed by atoms with Crippen molar-refractivity contribution in [2.24, 2.45) is 5.92 Å². The van der Waals surface area contributed by atoms with E-state index >= 15 is 0 Å². The molecule has 1 saturated heterocycles. The fraction of sp³-hybridized carbons (Fsp3) is 0.478. The summed E-state index contributed by atoms with van der Waals surface area (Å²) in [5, 5.41) is -0.0800. The number of fused-ring (bicyclic) bond motifs is 1. The first-order chi connectivity index (χ1) is 21.4. The van der Waals surface area contributed by atoms with Crippen molar-refractivity contribution in [2.75, 3.05) is 18.1 Å². The van der Waals surface area contributed by atoms with Crippen LogP contribution in [0.2, 0.25) is 0 Å². The summed E-state index contributed by atoms with van der Waals surface area (Å²) in [7, 11) is -13.6. The number of nitrogens with zero attached hydrogens (tertiary/aromatic N) is 4. The Balaban J connectivity index is 1.55. The average Bonchev–Trinajstić information content (AvgIpc) is 3.54. The van der Waals surface area contributed by atoms with E-state index in [0.29, 0.717) is 5.92 Å². The molecule has 4 rings (SSSR count). The molecule has 0 aliphatic carbocycles. The Hall–Kier alpha value is -1.89. The Bertz CT molecular complexity index is 1690. The van der Waals surface area contributed by atoms with Crippen molar-refractivity contribution in [3.05, 3.63) is 48.0 Å². The van der Waals surface area contributed by atoms with Gasteiger partial charge in [0.15, 0.2) is 11.5 Å². The van der Waals surface area contributed by atoms with Gasteiger partial charge in [0.05, 0.1) is 18.5 Å². The zero-order valence-corrected chi connectivity index (χ0v) is 28.8. The Morgan fingerprint density at radius 1 is 1.09 bits per heavy atom. The molecule has 18 nitrogen and oxygen atoms in total. The molecule has 6 N–H and O–H groups in total. The van der Waals surface area contributed by atoms with Gasteiger partial charge < -0.3 is 34.8 Å². The SMILES string of the molecule is CC(C)CSSC(C)c1ccccc1C(=O)O[C@@H]1C[C@H](n2cnc3c(N)ncnc32)O[C@@H]1COP(=O)(O)OP(=O)(O)OP(=O)(O)O. The van der Waals surface area contributed by atoms with Gasteiger partial charge in [-0.25, -0.2) is 33.4 Å². The van der Waals surface area contributed by atoms with Crippen molar-refractivity contribution >= 4 is 68.0 Å². The van der Waals surface area contributed by atoms with Gasteiger partial charge in [0.2, 0.25) is 0 Å². The molecular formula is C23H32N5O13P3S2. The van der Waals surface area contributed by atoms with Crippen LogP contribution < -0.4 is 5.73 Å². The fourth-order valence-electron chi connectivity index (χ4n) is 4.26. The molecule has 0 bridgehead atoms.